The molecule has 1 heterocycles. The van der Waals surface area contributed by atoms with Crippen LogP contribution in [0.3, 0.4) is 0 Å². The zero-order valence-electron chi connectivity index (χ0n) is 24.4. The molecule has 0 unspecified atom stereocenters. The second-order valence-electron chi connectivity index (χ2n) is 10.9. The van der Waals surface area contributed by atoms with Gasteiger partial charge in [-0.1, -0.05) is 13.8 Å². The molecule has 11 heteroatoms. The van der Waals surface area contributed by atoms with Gasteiger partial charge in [0.05, 0.1) is 36.8 Å². The molecule has 228 valence electrons. The van der Waals surface area contributed by atoms with Gasteiger partial charge in [0.25, 0.3) is 5.91 Å². The molecule has 1 aliphatic rings. The Labute approximate surface area is 236 Å². The van der Waals surface area contributed by atoms with Crippen molar-refractivity contribution in [1.29, 1.82) is 0 Å². The summed E-state index contributed by atoms with van der Waals surface area (Å²) in [7, 11) is 2.05. The van der Waals surface area contributed by atoms with Crippen LogP contribution >= 0.6 is 0 Å². The summed E-state index contributed by atoms with van der Waals surface area (Å²) in [5, 5.41) is 12.5. The summed E-state index contributed by atoms with van der Waals surface area (Å²) < 4.78 is 50.2. The van der Waals surface area contributed by atoms with Gasteiger partial charge in [0.15, 0.2) is 0 Å². The number of aliphatic hydroxyl groups is 1. The summed E-state index contributed by atoms with van der Waals surface area (Å²) in [6.07, 6.45) is -3.27. The standard InChI is InChI=1S/C29H46F3N3O5/c1-6-14-34(5)18-26-20(2)17-35(21(3)19-36)28(38)24-16-23(33-27(37)12-13-29(30,31)32)10-11-25(24)40-22(4)9-7-8-15-39-26/h10-11,16,20-22,26,36H,6-9,12-15,17-19H2,1-5H3,(H,33,37)/t20-,21+,22+,26+/m0/s1. The minimum atomic E-state index is -4.45. The van der Waals surface area contributed by atoms with Crippen LogP contribution in [-0.2, 0) is 9.53 Å². The van der Waals surface area contributed by atoms with Crippen molar-refractivity contribution in [3.8, 4) is 5.75 Å². The van der Waals surface area contributed by atoms with Crippen LogP contribution < -0.4 is 10.1 Å². The lowest BCUT2D eigenvalue weighted by atomic mass is 10.0. The number of amides is 2. The Morgan fingerprint density at radius 3 is 2.65 bits per heavy atom. The molecular weight excluding hydrogens is 527 g/mol. The molecule has 40 heavy (non-hydrogen) atoms. The maximum atomic E-state index is 14.0. The Morgan fingerprint density at radius 2 is 2.00 bits per heavy atom. The number of aliphatic hydroxyl groups excluding tert-OH is 1. The van der Waals surface area contributed by atoms with E-state index in [1.807, 2.05) is 20.9 Å². The minimum Gasteiger partial charge on any atom is -0.490 e. The lowest BCUT2D eigenvalue weighted by Crippen LogP contribution is -2.47. The van der Waals surface area contributed by atoms with Gasteiger partial charge in [-0.05, 0) is 71.3 Å². The number of ether oxygens (including phenoxy) is 2. The molecule has 2 N–H and O–H groups in total. The van der Waals surface area contributed by atoms with Crippen molar-refractivity contribution < 1.29 is 37.3 Å². The summed E-state index contributed by atoms with van der Waals surface area (Å²) in [5.41, 5.74) is 0.370. The van der Waals surface area contributed by atoms with E-state index in [9.17, 15) is 27.9 Å². The molecule has 0 radical (unpaired) electrons. The third-order valence-electron chi connectivity index (χ3n) is 7.07. The lowest BCUT2D eigenvalue weighted by molar-refractivity contribution is -0.142. The van der Waals surface area contributed by atoms with Crippen molar-refractivity contribution in [2.24, 2.45) is 5.92 Å². The quantitative estimate of drug-likeness (QED) is 0.427. The number of nitrogens with zero attached hydrogens (tertiary/aromatic N) is 2. The summed E-state index contributed by atoms with van der Waals surface area (Å²) >= 11 is 0. The van der Waals surface area contributed by atoms with Crippen LogP contribution in [0.4, 0.5) is 18.9 Å². The van der Waals surface area contributed by atoms with Crippen LogP contribution in [-0.4, -0.2) is 91.0 Å². The molecule has 0 bridgehead atoms. The number of carbonyl (C=O) groups is 2. The number of benzene rings is 1. The molecule has 1 aromatic rings. The largest absolute Gasteiger partial charge is 0.490 e. The van der Waals surface area contributed by atoms with Gasteiger partial charge in [-0.25, -0.2) is 0 Å². The number of likely N-dealkylation sites (N-methyl/N-ethyl adjacent to an activating group) is 1. The second kappa shape index (κ2) is 16.2. The molecule has 8 nitrogen and oxygen atoms in total. The fourth-order valence-electron chi connectivity index (χ4n) is 4.72. The normalized spacial score (nSPS) is 22.3. The minimum absolute atomic E-state index is 0.0613. The summed E-state index contributed by atoms with van der Waals surface area (Å²) in [5.74, 6) is -0.945. The number of hydrogen-bond acceptors (Lipinski definition) is 6. The van der Waals surface area contributed by atoms with Crippen molar-refractivity contribution in [2.75, 3.05) is 45.2 Å². The van der Waals surface area contributed by atoms with Crippen LogP contribution in [0.1, 0.15) is 76.6 Å². The highest BCUT2D eigenvalue weighted by Gasteiger charge is 2.31. The van der Waals surface area contributed by atoms with E-state index in [0.717, 1.165) is 32.2 Å². The maximum Gasteiger partial charge on any atom is 0.389 e. The van der Waals surface area contributed by atoms with Gasteiger partial charge in [-0.2, -0.15) is 13.2 Å². The Morgan fingerprint density at radius 1 is 1.27 bits per heavy atom. The first-order valence-electron chi connectivity index (χ1n) is 14.2. The smallest absolute Gasteiger partial charge is 0.389 e. The lowest BCUT2D eigenvalue weighted by Gasteiger charge is -2.35. The van der Waals surface area contributed by atoms with Crippen molar-refractivity contribution in [3.05, 3.63) is 23.8 Å². The second-order valence-corrected chi connectivity index (χ2v) is 10.9. The highest BCUT2D eigenvalue weighted by molar-refractivity contribution is 5.99. The third-order valence-corrected chi connectivity index (χ3v) is 7.07. The van der Waals surface area contributed by atoms with Gasteiger partial charge in [0.2, 0.25) is 5.91 Å². The fraction of sp³-hybridized carbons (Fsp3) is 0.724. The van der Waals surface area contributed by atoms with E-state index in [1.54, 1.807) is 17.9 Å². The molecule has 1 aliphatic heterocycles. The third kappa shape index (κ3) is 11.2. The van der Waals surface area contributed by atoms with E-state index >= 15 is 0 Å². The van der Waals surface area contributed by atoms with E-state index in [1.165, 1.54) is 12.1 Å². The highest BCUT2D eigenvalue weighted by atomic mass is 19.4. The number of halogens is 3. The fourth-order valence-corrected chi connectivity index (χ4v) is 4.72. The Kier molecular flexibility index (Phi) is 13.7. The Hall–Kier alpha value is -2.37. The average molecular weight is 574 g/mol. The molecule has 0 aromatic heterocycles. The molecule has 2 rings (SSSR count). The predicted octanol–water partition coefficient (Wildman–Crippen LogP) is 5.10. The Balaban J connectivity index is 2.42. The van der Waals surface area contributed by atoms with Crippen LogP contribution in [0.15, 0.2) is 18.2 Å². The van der Waals surface area contributed by atoms with Crippen LogP contribution in [0.2, 0.25) is 0 Å². The van der Waals surface area contributed by atoms with E-state index in [-0.39, 0.29) is 36.0 Å². The van der Waals surface area contributed by atoms with E-state index in [4.69, 9.17) is 9.47 Å². The van der Waals surface area contributed by atoms with Gasteiger partial charge in [-0.15, -0.1) is 0 Å². The van der Waals surface area contributed by atoms with E-state index < -0.39 is 36.9 Å². The van der Waals surface area contributed by atoms with Crippen LogP contribution in [0, 0.1) is 5.92 Å². The van der Waals surface area contributed by atoms with Gasteiger partial charge >= 0.3 is 6.18 Å². The predicted molar refractivity (Wildman–Crippen MR) is 149 cm³/mol. The zero-order valence-corrected chi connectivity index (χ0v) is 24.4. The number of rotatable bonds is 9. The molecule has 0 spiro atoms. The molecule has 0 aliphatic carbocycles. The molecule has 1 aromatic carbocycles. The van der Waals surface area contributed by atoms with Crippen LogP contribution in [0.25, 0.3) is 0 Å². The topological polar surface area (TPSA) is 91.3 Å². The first kappa shape index (κ1) is 33.8. The molecule has 4 atom stereocenters. The van der Waals surface area contributed by atoms with Crippen molar-refractivity contribution >= 4 is 17.5 Å². The number of anilines is 1. The molecule has 0 saturated heterocycles. The number of carbonyl (C=O) groups excluding carboxylic acids is 2. The first-order chi connectivity index (χ1) is 18.8. The molecule has 0 saturated carbocycles. The highest BCUT2D eigenvalue weighted by Crippen LogP contribution is 2.29. The average Bonchev–Trinajstić information content (AvgIpc) is 2.88. The monoisotopic (exact) mass is 573 g/mol. The Bertz CT molecular complexity index is 946. The van der Waals surface area contributed by atoms with Crippen molar-refractivity contribution in [2.45, 2.75) is 90.6 Å². The van der Waals surface area contributed by atoms with E-state index in [0.29, 0.717) is 25.4 Å². The molecular formula is C29H46F3N3O5. The number of nitrogens with one attached hydrogen (secondary N) is 1. The summed E-state index contributed by atoms with van der Waals surface area (Å²) in [6.45, 7) is 10.1. The zero-order chi connectivity index (χ0) is 29.9. The van der Waals surface area contributed by atoms with Crippen molar-refractivity contribution in [3.63, 3.8) is 0 Å². The van der Waals surface area contributed by atoms with Crippen molar-refractivity contribution in [1.82, 2.24) is 9.80 Å². The summed E-state index contributed by atoms with van der Waals surface area (Å²) in [6, 6.07) is 3.99. The molecule has 0 fully saturated rings. The SMILES string of the molecule is CCCN(C)C[C@H]1OCCCC[C@@H](C)Oc2ccc(NC(=O)CCC(F)(F)F)cc2C(=O)N([C@H](C)CO)C[C@@H]1C. The van der Waals surface area contributed by atoms with E-state index in [2.05, 4.69) is 17.1 Å². The van der Waals surface area contributed by atoms with Gasteiger partial charge < -0.3 is 29.7 Å². The maximum absolute atomic E-state index is 14.0. The summed E-state index contributed by atoms with van der Waals surface area (Å²) in [4.78, 5) is 30.0. The number of fused-ring (bicyclic) bond motifs is 1. The number of hydrogen-bond donors (Lipinski definition) is 2. The first-order valence-corrected chi connectivity index (χ1v) is 14.2. The number of alkyl halides is 3. The van der Waals surface area contributed by atoms with Gasteiger partial charge in [0.1, 0.15) is 5.75 Å². The van der Waals surface area contributed by atoms with Gasteiger partial charge in [-0.3, -0.25) is 9.59 Å². The van der Waals surface area contributed by atoms with Gasteiger partial charge in [0, 0.05) is 37.7 Å². The van der Waals surface area contributed by atoms with Crippen LogP contribution in [0.5, 0.6) is 5.75 Å². The molecule has 2 amide bonds.